The summed E-state index contributed by atoms with van der Waals surface area (Å²) in [6.45, 7) is 0.955. The predicted octanol–water partition coefficient (Wildman–Crippen LogP) is 1.82. The van der Waals surface area contributed by atoms with Gasteiger partial charge in [-0.15, -0.1) is 0 Å². The lowest BCUT2D eigenvalue weighted by molar-refractivity contribution is -0.384. The number of sulfonamides is 1. The molecule has 0 saturated carbocycles. The maximum absolute atomic E-state index is 12.6. The minimum Gasteiger partial charge on any atom is -0.366 e. The second kappa shape index (κ2) is 8.41. The maximum Gasteiger partial charge on any atom is 0.293 e. The molecular weight excluding hydrogens is 396 g/mol. The number of nitro groups is 1. The number of nitrogens with zero attached hydrogens (tertiary/aromatic N) is 3. The summed E-state index contributed by atoms with van der Waals surface area (Å²) < 4.78 is 26.5. The molecule has 0 spiro atoms. The number of hydrogen-bond donors (Lipinski definition) is 1. The third kappa shape index (κ3) is 4.79. The van der Waals surface area contributed by atoms with E-state index in [0.717, 1.165) is 11.6 Å². The molecule has 1 saturated heterocycles. The summed E-state index contributed by atoms with van der Waals surface area (Å²) in [6.07, 6.45) is 1.54. The van der Waals surface area contributed by atoms with Gasteiger partial charge in [0.25, 0.3) is 5.69 Å². The fourth-order valence-corrected chi connectivity index (χ4v) is 4.26. The zero-order chi connectivity index (χ0) is 21.0. The lowest BCUT2D eigenvalue weighted by Crippen LogP contribution is -2.48. The van der Waals surface area contributed by atoms with Crippen LogP contribution in [0.1, 0.15) is 15.9 Å². The molecule has 1 fully saturated rings. The average Bonchev–Trinajstić information content (AvgIpc) is 2.72. The van der Waals surface area contributed by atoms with Crippen LogP contribution in [0.2, 0.25) is 0 Å². The highest BCUT2D eigenvalue weighted by molar-refractivity contribution is 7.92. The van der Waals surface area contributed by atoms with Crippen molar-refractivity contribution in [1.82, 2.24) is 4.31 Å². The van der Waals surface area contributed by atoms with Gasteiger partial charge in [0.2, 0.25) is 15.9 Å². The standard InChI is InChI=1S/C19H20N4O5S/c20-19(24)16-6-7-17(18(14-16)23(25)26)21-9-11-22(12-10-21)29(27,28)13-8-15-4-2-1-3-5-15/h1-8,13-14H,9-12H2,(H2,20,24)/b13-8+. The number of primary amides is 1. The molecule has 2 N–H and O–H groups in total. The van der Waals surface area contributed by atoms with E-state index in [0.29, 0.717) is 5.69 Å². The molecule has 29 heavy (non-hydrogen) atoms. The molecule has 2 aromatic rings. The molecule has 1 heterocycles. The topological polar surface area (TPSA) is 127 Å². The fourth-order valence-electron chi connectivity index (χ4n) is 3.09. The fraction of sp³-hybridized carbons (Fsp3) is 0.211. The van der Waals surface area contributed by atoms with Crippen LogP contribution in [0.3, 0.4) is 0 Å². The van der Waals surface area contributed by atoms with E-state index in [1.165, 1.54) is 27.9 Å². The number of carbonyl (C=O) groups excluding carboxylic acids is 1. The van der Waals surface area contributed by atoms with Gasteiger partial charge in [-0.25, -0.2) is 8.42 Å². The molecule has 1 amide bonds. The van der Waals surface area contributed by atoms with E-state index >= 15 is 0 Å². The lowest BCUT2D eigenvalue weighted by atomic mass is 10.1. The van der Waals surface area contributed by atoms with Crippen LogP contribution in [0, 0.1) is 10.1 Å². The summed E-state index contributed by atoms with van der Waals surface area (Å²) >= 11 is 0. The molecular formula is C19H20N4O5S. The number of nitrogens with two attached hydrogens (primary N) is 1. The Morgan fingerprint density at radius 3 is 2.31 bits per heavy atom. The molecule has 10 heteroatoms. The van der Waals surface area contributed by atoms with Crippen LogP contribution >= 0.6 is 0 Å². The van der Waals surface area contributed by atoms with Crippen LogP contribution in [0.15, 0.2) is 53.9 Å². The average molecular weight is 416 g/mol. The van der Waals surface area contributed by atoms with Crippen molar-refractivity contribution >= 4 is 33.4 Å². The quantitative estimate of drug-likeness (QED) is 0.565. The van der Waals surface area contributed by atoms with E-state index in [1.54, 1.807) is 17.0 Å². The molecule has 0 atom stereocenters. The number of amides is 1. The van der Waals surface area contributed by atoms with Crippen molar-refractivity contribution in [2.24, 2.45) is 5.73 Å². The number of carbonyl (C=O) groups is 1. The predicted molar refractivity (Wildman–Crippen MR) is 110 cm³/mol. The van der Waals surface area contributed by atoms with Gasteiger partial charge in [0.15, 0.2) is 0 Å². The zero-order valence-corrected chi connectivity index (χ0v) is 16.3. The van der Waals surface area contributed by atoms with Gasteiger partial charge in [-0.05, 0) is 23.8 Å². The van der Waals surface area contributed by atoms with Crippen molar-refractivity contribution < 1.29 is 18.1 Å². The molecule has 2 aromatic carbocycles. The molecule has 0 radical (unpaired) electrons. The molecule has 3 rings (SSSR count). The second-order valence-corrected chi connectivity index (χ2v) is 8.29. The lowest BCUT2D eigenvalue weighted by Gasteiger charge is -2.34. The highest BCUT2D eigenvalue weighted by Crippen LogP contribution is 2.30. The van der Waals surface area contributed by atoms with Crippen molar-refractivity contribution in [3.8, 4) is 0 Å². The maximum atomic E-state index is 12.6. The van der Waals surface area contributed by atoms with Crippen molar-refractivity contribution in [3.63, 3.8) is 0 Å². The third-order valence-corrected chi connectivity index (χ3v) is 6.19. The Kier molecular flexibility index (Phi) is 5.95. The van der Waals surface area contributed by atoms with Crippen LogP contribution in [0.25, 0.3) is 6.08 Å². The van der Waals surface area contributed by atoms with E-state index in [4.69, 9.17) is 5.73 Å². The van der Waals surface area contributed by atoms with Gasteiger partial charge in [0.1, 0.15) is 5.69 Å². The first kappa shape index (κ1) is 20.5. The van der Waals surface area contributed by atoms with Crippen molar-refractivity contribution in [1.29, 1.82) is 0 Å². The Labute approximate surface area is 168 Å². The zero-order valence-electron chi connectivity index (χ0n) is 15.5. The van der Waals surface area contributed by atoms with Crippen LogP contribution < -0.4 is 10.6 Å². The van der Waals surface area contributed by atoms with E-state index in [-0.39, 0.29) is 37.4 Å². The van der Waals surface area contributed by atoms with Crippen molar-refractivity contribution in [2.75, 3.05) is 31.1 Å². The van der Waals surface area contributed by atoms with E-state index < -0.39 is 20.9 Å². The number of rotatable bonds is 6. The first-order valence-corrected chi connectivity index (χ1v) is 10.3. The Hall–Kier alpha value is -3.24. The molecule has 0 aromatic heterocycles. The summed E-state index contributed by atoms with van der Waals surface area (Å²) in [7, 11) is -3.60. The minimum absolute atomic E-state index is 0.0488. The van der Waals surface area contributed by atoms with E-state index in [1.807, 2.05) is 18.2 Å². The number of benzene rings is 2. The Bertz CT molecular complexity index is 1050. The Morgan fingerprint density at radius 2 is 1.72 bits per heavy atom. The van der Waals surface area contributed by atoms with Gasteiger partial charge < -0.3 is 10.6 Å². The van der Waals surface area contributed by atoms with Gasteiger partial charge in [0.05, 0.1) is 4.92 Å². The van der Waals surface area contributed by atoms with Crippen molar-refractivity contribution in [2.45, 2.75) is 0 Å². The van der Waals surface area contributed by atoms with Gasteiger partial charge in [0, 0.05) is 43.2 Å². The third-order valence-electron chi connectivity index (χ3n) is 4.63. The van der Waals surface area contributed by atoms with E-state index in [2.05, 4.69) is 0 Å². The summed E-state index contributed by atoms with van der Waals surface area (Å²) in [4.78, 5) is 23.8. The van der Waals surface area contributed by atoms with Crippen LogP contribution in [0.5, 0.6) is 0 Å². The van der Waals surface area contributed by atoms with Gasteiger partial charge in [-0.1, -0.05) is 30.3 Å². The normalized spacial score (nSPS) is 15.5. The number of piperazine rings is 1. The van der Waals surface area contributed by atoms with Gasteiger partial charge >= 0.3 is 0 Å². The first-order valence-electron chi connectivity index (χ1n) is 8.84. The molecule has 9 nitrogen and oxygen atoms in total. The van der Waals surface area contributed by atoms with Crippen LogP contribution in [-0.2, 0) is 10.0 Å². The largest absolute Gasteiger partial charge is 0.366 e. The molecule has 0 aliphatic carbocycles. The van der Waals surface area contributed by atoms with Gasteiger partial charge in [-0.3, -0.25) is 14.9 Å². The van der Waals surface area contributed by atoms with Crippen molar-refractivity contribution in [3.05, 3.63) is 75.2 Å². The Balaban J connectivity index is 1.73. The summed E-state index contributed by atoms with van der Waals surface area (Å²) in [5, 5.41) is 12.6. The second-order valence-electron chi connectivity index (χ2n) is 6.47. The molecule has 1 aliphatic rings. The van der Waals surface area contributed by atoms with Gasteiger partial charge in [-0.2, -0.15) is 4.31 Å². The number of hydrogen-bond acceptors (Lipinski definition) is 6. The van der Waals surface area contributed by atoms with Crippen LogP contribution in [0.4, 0.5) is 11.4 Å². The number of anilines is 1. The minimum atomic E-state index is -3.60. The molecule has 152 valence electrons. The first-order chi connectivity index (χ1) is 13.8. The van der Waals surface area contributed by atoms with Crippen LogP contribution in [-0.4, -0.2) is 49.7 Å². The highest BCUT2D eigenvalue weighted by atomic mass is 32.2. The summed E-state index contributed by atoms with van der Waals surface area (Å²) in [5.41, 5.74) is 6.12. The summed E-state index contributed by atoms with van der Waals surface area (Å²) in [6, 6.07) is 13.1. The molecule has 0 bridgehead atoms. The molecule has 0 unspecified atom stereocenters. The SMILES string of the molecule is NC(=O)c1ccc(N2CCN(S(=O)(=O)/C=C/c3ccccc3)CC2)c([N+](=O)[O-])c1. The smallest absolute Gasteiger partial charge is 0.293 e. The van der Waals surface area contributed by atoms with E-state index in [9.17, 15) is 23.3 Å². The molecule has 1 aliphatic heterocycles. The monoisotopic (exact) mass is 416 g/mol. The number of nitro benzene ring substituents is 1. The summed E-state index contributed by atoms with van der Waals surface area (Å²) in [5.74, 6) is -0.749. The highest BCUT2D eigenvalue weighted by Gasteiger charge is 2.28. The Morgan fingerprint density at radius 1 is 1.07 bits per heavy atom.